The minimum absolute atomic E-state index is 0.260. The second-order valence-corrected chi connectivity index (χ2v) is 5.63. The fourth-order valence-electron chi connectivity index (χ4n) is 2.47. The lowest BCUT2D eigenvalue weighted by Crippen LogP contribution is -2.12. The third-order valence-corrected chi connectivity index (χ3v) is 3.76. The van der Waals surface area contributed by atoms with E-state index in [0.29, 0.717) is 17.1 Å². The number of nitrogens with zero attached hydrogens (tertiary/aromatic N) is 2. The van der Waals surface area contributed by atoms with Gasteiger partial charge >= 0.3 is 0 Å². The van der Waals surface area contributed by atoms with Crippen LogP contribution in [0.4, 0.5) is 5.69 Å². The average Bonchev–Trinajstić information content (AvgIpc) is 3.36. The number of nitrogens with one attached hydrogen (secondary N) is 3. The van der Waals surface area contributed by atoms with E-state index in [1.54, 1.807) is 30.9 Å². The molecule has 25 heavy (non-hydrogen) atoms. The van der Waals surface area contributed by atoms with Gasteiger partial charge in [0.2, 0.25) is 0 Å². The van der Waals surface area contributed by atoms with Crippen molar-refractivity contribution < 1.29 is 9.21 Å². The first kappa shape index (κ1) is 14.9. The van der Waals surface area contributed by atoms with E-state index in [0.717, 1.165) is 22.6 Å². The molecule has 3 N–H and O–H groups in total. The number of hydrogen-bond acceptors (Lipinski definition) is 4. The van der Waals surface area contributed by atoms with Crippen molar-refractivity contribution in [2.24, 2.45) is 0 Å². The molecule has 0 spiro atoms. The highest BCUT2D eigenvalue weighted by Crippen LogP contribution is 2.20. The molecule has 0 aliphatic heterocycles. The number of furan rings is 1. The summed E-state index contributed by atoms with van der Waals surface area (Å²) in [6, 6.07) is 10.9. The molecule has 1 aromatic carbocycles. The fourth-order valence-corrected chi connectivity index (χ4v) is 2.47. The van der Waals surface area contributed by atoms with Gasteiger partial charge in [0.15, 0.2) is 0 Å². The molecule has 0 bridgehead atoms. The number of aromatic amines is 2. The Morgan fingerprint density at radius 1 is 1.16 bits per heavy atom. The van der Waals surface area contributed by atoms with Gasteiger partial charge < -0.3 is 14.7 Å². The van der Waals surface area contributed by atoms with E-state index in [2.05, 4.69) is 25.5 Å². The summed E-state index contributed by atoms with van der Waals surface area (Å²) in [4.78, 5) is 19.8. The molecule has 7 nitrogen and oxygen atoms in total. The Labute approximate surface area is 143 Å². The van der Waals surface area contributed by atoms with Gasteiger partial charge in [0.25, 0.3) is 5.91 Å². The summed E-state index contributed by atoms with van der Waals surface area (Å²) < 4.78 is 5.02. The predicted octanol–water partition coefficient (Wildman–Crippen LogP) is 3.62. The number of benzene rings is 1. The monoisotopic (exact) mass is 333 g/mol. The van der Waals surface area contributed by atoms with Crippen molar-refractivity contribution in [3.05, 3.63) is 66.5 Å². The third kappa shape index (κ3) is 3.07. The number of anilines is 1. The van der Waals surface area contributed by atoms with E-state index < -0.39 is 0 Å². The minimum atomic E-state index is -0.260. The molecular weight excluding hydrogens is 318 g/mol. The fraction of sp³-hybridized carbons (Fsp3) is 0.0556. The molecule has 0 atom stereocenters. The SMILES string of the molecule is Cc1cnc(-c2ccc(NC(=O)c3cc(-c4ccoc4)n[nH]3)cc2)[nH]1. The maximum Gasteiger partial charge on any atom is 0.273 e. The van der Waals surface area contributed by atoms with Crippen LogP contribution in [0.25, 0.3) is 22.6 Å². The van der Waals surface area contributed by atoms with E-state index in [1.165, 1.54) is 0 Å². The van der Waals surface area contributed by atoms with Crippen molar-refractivity contribution in [3.63, 3.8) is 0 Å². The molecule has 3 aromatic heterocycles. The Bertz CT molecular complexity index is 996. The Morgan fingerprint density at radius 2 is 2.00 bits per heavy atom. The molecular formula is C18H15N5O2. The minimum Gasteiger partial charge on any atom is -0.472 e. The van der Waals surface area contributed by atoms with E-state index >= 15 is 0 Å². The number of imidazole rings is 1. The molecule has 0 aliphatic rings. The molecule has 0 unspecified atom stereocenters. The molecule has 0 saturated heterocycles. The highest BCUT2D eigenvalue weighted by Gasteiger charge is 2.12. The van der Waals surface area contributed by atoms with Crippen LogP contribution in [0.1, 0.15) is 16.2 Å². The van der Waals surface area contributed by atoms with E-state index in [4.69, 9.17) is 4.42 Å². The lowest BCUT2D eigenvalue weighted by Gasteiger charge is -2.04. The normalized spacial score (nSPS) is 10.8. The molecule has 0 fully saturated rings. The van der Waals surface area contributed by atoms with Gasteiger partial charge in [-0.15, -0.1) is 0 Å². The van der Waals surface area contributed by atoms with Gasteiger partial charge in [-0.25, -0.2) is 4.98 Å². The standard InChI is InChI=1S/C18H15N5O2/c1-11-9-19-17(20-11)12-2-4-14(5-3-12)21-18(24)16-8-15(22-23-16)13-6-7-25-10-13/h2-10H,1H3,(H,19,20)(H,21,24)(H,22,23). The summed E-state index contributed by atoms with van der Waals surface area (Å²) in [5.41, 5.74) is 4.49. The van der Waals surface area contributed by atoms with Gasteiger partial charge in [0.05, 0.1) is 18.2 Å². The summed E-state index contributed by atoms with van der Waals surface area (Å²) >= 11 is 0. The van der Waals surface area contributed by atoms with Crippen LogP contribution in [-0.2, 0) is 0 Å². The molecule has 3 heterocycles. The zero-order chi connectivity index (χ0) is 17.2. The molecule has 4 rings (SSSR count). The van der Waals surface area contributed by atoms with Crippen molar-refractivity contribution in [2.75, 3.05) is 5.32 Å². The van der Waals surface area contributed by atoms with Gasteiger partial charge in [0, 0.05) is 28.7 Å². The lowest BCUT2D eigenvalue weighted by molar-refractivity contribution is 0.102. The smallest absolute Gasteiger partial charge is 0.273 e. The Balaban J connectivity index is 1.47. The van der Waals surface area contributed by atoms with Crippen molar-refractivity contribution in [1.29, 1.82) is 0 Å². The van der Waals surface area contributed by atoms with Crippen LogP contribution >= 0.6 is 0 Å². The predicted molar refractivity (Wildman–Crippen MR) is 93.0 cm³/mol. The van der Waals surface area contributed by atoms with Gasteiger partial charge in [-0.2, -0.15) is 5.10 Å². The van der Waals surface area contributed by atoms with Crippen LogP contribution in [0.3, 0.4) is 0 Å². The summed E-state index contributed by atoms with van der Waals surface area (Å²) in [6.45, 7) is 1.95. The highest BCUT2D eigenvalue weighted by molar-refractivity contribution is 6.03. The molecule has 124 valence electrons. The van der Waals surface area contributed by atoms with Crippen LogP contribution < -0.4 is 5.32 Å². The second kappa shape index (κ2) is 6.12. The molecule has 1 amide bonds. The van der Waals surface area contributed by atoms with Gasteiger partial charge in [-0.1, -0.05) is 0 Å². The number of aromatic nitrogens is 4. The van der Waals surface area contributed by atoms with E-state index in [-0.39, 0.29) is 5.91 Å². The number of amides is 1. The quantitative estimate of drug-likeness (QED) is 0.531. The summed E-state index contributed by atoms with van der Waals surface area (Å²) in [5.74, 6) is 0.539. The van der Waals surface area contributed by atoms with Crippen LogP contribution in [0.15, 0.2) is 59.5 Å². The van der Waals surface area contributed by atoms with E-state index in [9.17, 15) is 4.79 Å². The van der Waals surface area contributed by atoms with Gasteiger partial charge in [0.1, 0.15) is 11.5 Å². The van der Waals surface area contributed by atoms with Crippen LogP contribution in [-0.4, -0.2) is 26.1 Å². The Kier molecular flexibility index (Phi) is 3.66. The first-order chi connectivity index (χ1) is 12.2. The third-order valence-electron chi connectivity index (χ3n) is 3.76. The van der Waals surface area contributed by atoms with Crippen molar-refractivity contribution in [2.45, 2.75) is 6.92 Å². The molecule has 0 radical (unpaired) electrons. The zero-order valence-electron chi connectivity index (χ0n) is 13.4. The van der Waals surface area contributed by atoms with Crippen LogP contribution in [0.5, 0.6) is 0 Å². The second-order valence-electron chi connectivity index (χ2n) is 5.63. The number of hydrogen-bond donors (Lipinski definition) is 3. The van der Waals surface area contributed by atoms with E-state index in [1.807, 2.05) is 31.2 Å². The summed E-state index contributed by atoms with van der Waals surface area (Å²) in [7, 11) is 0. The number of carbonyl (C=O) groups excluding carboxylic acids is 1. The number of carbonyl (C=O) groups is 1. The zero-order valence-corrected chi connectivity index (χ0v) is 13.4. The molecule has 0 saturated carbocycles. The number of aryl methyl sites for hydroxylation is 1. The van der Waals surface area contributed by atoms with Crippen molar-refractivity contribution in [1.82, 2.24) is 20.2 Å². The Hall–Kier alpha value is -3.61. The summed E-state index contributed by atoms with van der Waals surface area (Å²) in [5, 5.41) is 9.69. The molecule has 0 aliphatic carbocycles. The number of rotatable bonds is 4. The van der Waals surface area contributed by atoms with Gasteiger partial charge in [-0.3, -0.25) is 9.89 Å². The maximum atomic E-state index is 12.3. The molecule has 7 heteroatoms. The lowest BCUT2D eigenvalue weighted by atomic mass is 10.2. The number of H-pyrrole nitrogens is 2. The van der Waals surface area contributed by atoms with Crippen LogP contribution in [0.2, 0.25) is 0 Å². The van der Waals surface area contributed by atoms with Crippen molar-refractivity contribution >= 4 is 11.6 Å². The average molecular weight is 333 g/mol. The highest BCUT2D eigenvalue weighted by atomic mass is 16.3. The molecule has 4 aromatic rings. The summed E-state index contributed by atoms with van der Waals surface area (Å²) in [6.07, 6.45) is 4.92. The first-order valence-corrected chi connectivity index (χ1v) is 7.70. The Morgan fingerprint density at radius 3 is 2.68 bits per heavy atom. The maximum absolute atomic E-state index is 12.3. The van der Waals surface area contributed by atoms with Crippen molar-refractivity contribution in [3.8, 4) is 22.6 Å². The van der Waals surface area contributed by atoms with Crippen LogP contribution in [0, 0.1) is 6.92 Å². The van der Waals surface area contributed by atoms with Gasteiger partial charge in [-0.05, 0) is 43.3 Å². The topological polar surface area (TPSA) is 99.6 Å². The first-order valence-electron chi connectivity index (χ1n) is 7.70. The largest absolute Gasteiger partial charge is 0.472 e.